The van der Waals surface area contributed by atoms with Crippen molar-refractivity contribution in [2.24, 2.45) is 5.10 Å². The molecular formula is C25H22N4O2. The summed E-state index contributed by atoms with van der Waals surface area (Å²) in [6, 6.07) is 24.8. The second kappa shape index (κ2) is 9.09. The molecule has 0 spiro atoms. The van der Waals surface area contributed by atoms with Crippen molar-refractivity contribution in [1.29, 1.82) is 0 Å². The van der Waals surface area contributed by atoms with Crippen molar-refractivity contribution in [3.8, 4) is 22.7 Å². The number of nitrogens with one attached hydrogen (secondary N) is 1. The summed E-state index contributed by atoms with van der Waals surface area (Å²) in [5.74, 6) is 0.391. The van der Waals surface area contributed by atoms with E-state index >= 15 is 0 Å². The van der Waals surface area contributed by atoms with Crippen LogP contribution in [0.15, 0.2) is 90.2 Å². The third-order valence-electron chi connectivity index (χ3n) is 4.78. The Balaban J connectivity index is 1.61. The molecule has 3 aromatic carbocycles. The minimum absolute atomic E-state index is 0.300. The number of hydrazone groups is 1. The standard InChI is InChI=1S/C25H22N4O2/c1-18-7-6-8-20(15-18)24-21(17-29(28-24)22-9-4-3-5-10-22)16-26-27-25(30)19-11-13-23(31-2)14-12-19/h3-17H,1-2H3,(H,27,30)/b26-16-. The fourth-order valence-electron chi connectivity index (χ4n) is 3.18. The summed E-state index contributed by atoms with van der Waals surface area (Å²) in [6.45, 7) is 2.04. The molecule has 31 heavy (non-hydrogen) atoms. The molecule has 0 saturated carbocycles. The molecule has 6 nitrogen and oxygen atoms in total. The quantitative estimate of drug-likeness (QED) is 0.372. The molecule has 6 heteroatoms. The van der Waals surface area contributed by atoms with Gasteiger partial charge >= 0.3 is 0 Å². The van der Waals surface area contributed by atoms with Gasteiger partial charge in [-0.1, -0.05) is 42.0 Å². The van der Waals surface area contributed by atoms with Crippen molar-refractivity contribution in [3.05, 3.63) is 102 Å². The van der Waals surface area contributed by atoms with Gasteiger partial charge in [-0.3, -0.25) is 4.79 Å². The van der Waals surface area contributed by atoms with Gasteiger partial charge in [0.05, 0.1) is 19.0 Å². The fourth-order valence-corrected chi connectivity index (χ4v) is 3.18. The number of benzene rings is 3. The first-order valence-electron chi connectivity index (χ1n) is 9.83. The number of aryl methyl sites for hydroxylation is 1. The van der Waals surface area contributed by atoms with Crippen LogP contribution < -0.4 is 10.2 Å². The predicted molar refractivity (Wildman–Crippen MR) is 122 cm³/mol. The van der Waals surface area contributed by atoms with Crippen LogP contribution in [0, 0.1) is 6.92 Å². The number of carbonyl (C=O) groups is 1. The summed E-state index contributed by atoms with van der Waals surface area (Å²) >= 11 is 0. The molecule has 0 bridgehead atoms. The molecule has 1 aromatic heterocycles. The van der Waals surface area contributed by atoms with E-state index in [4.69, 9.17) is 9.84 Å². The van der Waals surface area contributed by atoms with Crippen molar-refractivity contribution in [2.75, 3.05) is 7.11 Å². The number of para-hydroxylation sites is 1. The van der Waals surface area contributed by atoms with E-state index in [9.17, 15) is 4.79 Å². The molecule has 4 aromatic rings. The molecule has 0 fully saturated rings. The highest BCUT2D eigenvalue weighted by Gasteiger charge is 2.12. The maximum absolute atomic E-state index is 12.4. The zero-order valence-electron chi connectivity index (χ0n) is 17.3. The SMILES string of the molecule is COc1ccc(C(=O)N/N=C\c2cn(-c3ccccc3)nc2-c2cccc(C)c2)cc1. The van der Waals surface area contributed by atoms with Crippen molar-refractivity contribution in [1.82, 2.24) is 15.2 Å². The van der Waals surface area contributed by atoms with Gasteiger partial charge < -0.3 is 4.74 Å². The Labute approximate surface area is 180 Å². The van der Waals surface area contributed by atoms with E-state index in [1.807, 2.05) is 66.3 Å². The molecule has 0 aliphatic carbocycles. The van der Waals surface area contributed by atoms with Gasteiger partial charge in [-0.05, 0) is 49.4 Å². The zero-order chi connectivity index (χ0) is 21.6. The lowest BCUT2D eigenvalue weighted by Gasteiger charge is -2.02. The Morgan fingerprint density at radius 3 is 2.52 bits per heavy atom. The highest BCUT2D eigenvalue weighted by Crippen LogP contribution is 2.23. The fraction of sp³-hybridized carbons (Fsp3) is 0.0800. The summed E-state index contributed by atoms with van der Waals surface area (Å²) in [7, 11) is 1.58. The molecule has 0 atom stereocenters. The van der Waals surface area contributed by atoms with E-state index in [-0.39, 0.29) is 5.91 Å². The lowest BCUT2D eigenvalue weighted by molar-refractivity contribution is 0.0955. The van der Waals surface area contributed by atoms with Crippen molar-refractivity contribution in [3.63, 3.8) is 0 Å². The lowest BCUT2D eigenvalue weighted by Crippen LogP contribution is -2.17. The Kier molecular flexibility index (Phi) is 5.89. The van der Waals surface area contributed by atoms with Gasteiger partial charge in [0.25, 0.3) is 5.91 Å². The van der Waals surface area contributed by atoms with E-state index in [1.54, 1.807) is 37.6 Å². The first kappa shape index (κ1) is 20.1. The third kappa shape index (κ3) is 4.70. The number of amides is 1. The van der Waals surface area contributed by atoms with Gasteiger partial charge in [0.2, 0.25) is 0 Å². The van der Waals surface area contributed by atoms with E-state index in [2.05, 4.69) is 16.6 Å². The van der Waals surface area contributed by atoms with Crippen molar-refractivity contribution < 1.29 is 9.53 Å². The normalized spacial score (nSPS) is 10.9. The number of methoxy groups -OCH3 is 1. The Bertz CT molecular complexity index is 1210. The number of carbonyl (C=O) groups excluding carboxylic acids is 1. The molecule has 4 rings (SSSR count). The molecule has 0 saturated heterocycles. The maximum atomic E-state index is 12.4. The Morgan fingerprint density at radius 1 is 1.03 bits per heavy atom. The summed E-state index contributed by atoms with van der Waals surface area (Å²) < 4.78 is 6.93. The van der Waals surface area contributed by atoms with Crippen LogP contribution in [0.25, 0.3) is 16.9 Å². The highest BCUT2D eigenvalue weighted by molar-refractivity contribution is 5.95. The average molecular weight is 410 g/mol. The van der Waals surface area contributed by atoms with E-state index in [0.29, 0.717) is 11.3 Å². The van der Waals surface area contributed by atoms with Crippen molar-refractivity contribution in [2.45, 2.75) is 6.92 Å². The summed E-state index contributed by atoms with van der Waals surface area (Å²) in [5.41, 5.74) is 7.72. The van der Waals surface area contributed by atoms with Crippen LogP contribution in [0.1, 0.15) is 21.5 Å². The van der Waals surface area contributed by atoms with Gasteiger partial charge in [-0.15, -0.1) is 0 Å². The van der Waals surface area contributed by atoms with Crippen LogP contribution in [0.2, 0.25) is 0 Å². The van der Waals surface area contributed by atoms with Crippen LogP contribution in [0.4, 0.5) is 0 Å². The van der Waals surface area contributed by atoms with E-state index < -0.39 is 0 Å². The van der Waals surface area contributed by atoms with Crippen LogP contribution in [0.3, 0.4) is 0 Å². The number of hydrogen-bond donors (Lipinski definition) is 1. The zero-order valence-corrected chi connectivity index (χ0v) is 17.3. The summed E-state index contributed by atoms with van der Waals surface area (Å²) in [6.07, 6.45) is 3.52. The second-order valence-electron chi connectivity index (χ2n) is 7.01. The van der Waals surface area contributed by atoms with Crippen LogP contribution in [-0.2, 0) is 0 Å². The van der Waals surface area contributed by atoms with Crippen LogP contribution in [-0.4, -0.2) is 29.0 Å². The van der Waals surface area contributed by atoms with Gasteiger partial charge in [0, 0.05) is 22.9 Å². The average Bonchev–Trinajstić information content (AvgIpc) is 3.24. The summed E-state index contributed by atoms with van der Waals surface area (Å²) in [5, 5.41) is 8.93. The highest BCUT2D eigenvalue weighted by atomic mass is 16.5. The minimum atomic E-state index is -0.300. The topological polar surface area (TPSA) is 68.5 Å². The first-order chi connectivity index (χ1) is 15.1. The molecule has 154 valence electrons. The van der Waals surface area contributed by atoms with Gasteiger partial charge in [0.15, 0.2) is 0 Å². The second-order valence-corrected chi connectivity index (χ2v) is 7.01. The molecule has 0 aliphatic heterocycles. The van der Waals surface area contributed by atoms with E-state index in [1.165, 1.54) is 0 Å². The molecule has 1 N–H and O–H groups in total. The Hall–Kier alpha value is -4.19. The molecule has 0 unspecified atom stereocenters. The third-order valence-corrected chi connectivity index (χ3v) is 4.78. The minimum Gasteiger partial charge on any atom is -0.497 e. The van der Waals surface area contributed by atoms with Crippen LogP contribution >= 0.6 is 0 Å². The first-order valence-corrected chi connectivity index (χ1v) is 9.83. The molecule has 0 aliphatic rings. The van der Waals surface area contributed by atoms with Gasteiger partial charge in [-0.2, -0.15) is 10.2 Å². The summed E-state index contributed by atoms with van der Waals surface area (Å²) in [4.78, 5) is 12.4. The number of ether oxygens (including phenoxy) is 1. The van der Waals surface area contributed by atoms with Crippen molar-refractivity contribution >= 4 is 12.1 Å². The number of nitrogens with zero attached hydrogens (tertiary/aromatic N) is 3. The molecule has 1 heterocycles. The maximum Gasteiger partial charge on any atom is 0.271 e. The molecule has 0 radical (unpaired) electrons. The van der Waals surface area contributed by atoms with Gasteiger partial charge in [-0.25, -0.2) is 10.1 Å². The van der Waals surface area contributed by atoms with Gasteiger partial charge in [0.1, 0.15) is 11.4 Å². The lowest BCUT2D eigenvalue weighted by atomic mass is 10.1. The predicted octanol–water partition coefficient (Wildman–Crippen LogP) is 4.62. The number of aromatic nitrogens is 2. The Morgan fingerprint density at radius 2 is 1.81 bits per heavy atom. The largest absolute Gasteiger partial charge is 0.497 e. The van der Waals surface area contributed by atoms with Crippen LogP contribution in [0.5, 0.6) is 5.75 Å². The smallest absolute Gasteiger partial charge is 0.271 e. The molecular weight excluding hydrogens is 388 g/mol. The molecule has 1 amide bonds. The number of hydrogen-bond acceptors (Lipinski definition) is 4. The van der Waals surface area contributed by atoms with E-state index in [0.717, 1.165) is 28.1 Å². The monoisotopic (exact) mass is 410 g/mol. The number of rotatable bonds is 6.